The van der Waals surface area contributed by atoms with E-state index in [2.05, 4.69) is 22.2 Å². The number of hydrazone groups is 1. The molecular formula is C18H28N2O2. The second kappa shape index (κ2) is 10.4. The first-order chi connectivity index (χ1) is 10.9. The van der Waals surface area contributed by atoms with Crippen molar-refractivity contribution in [3.05, 3.63) is 35.9 Å². The van der Waals surface area contributed by atoms with Gasteiger partial charge < -0.3 is 9.47 Å². The lowest BCUT2D eigenvalue weighted by molar-refractivity contribution is 0.116. The summed E-state index contributed by atoms with van der Waals surface area (Å²) >= 11 is 0. The number of nitrogens with zero attached hydrogens (tertiary/aromatic N) is 2. The molecule has 2 rings (SSSR count). The van der Waals surface area contributed by atoms with Gasteiger partial charge in [-0.05, 0) is 37.7 Å². The van der Waals surface area contributed by atoms with Crippen molar-refractivity contribution >= 4 is 6.21 Å². The predicted octanol–water partition coefficient (Wildman–Crippen LogP) is 3.47. The molecule has 0 spiro atoms. The van der Waals surface area contributed by atoms with Crippen LogP contribution in [0.1, 0.15) is 37.7 Å². The van der Waals surface area contributed by atoms with E-state index in [9.17, 15) is 0 Å². The Hall–Kier alpha value is -1.39. The van der Waals surface area contributed by atoms with Crippen molar-refractivity contribution in [1.82, 2.24) is 5.01 Å². The Balaban J connectivity index is 1.49. The highest BCUT2D eigenvalue weighted by molar-refractivity contribution is 5.56. The molecule has 0 aromatic heterocycles. The number of unbranched alkanes of at least 4 members (excludes halogenated alkanes) is 2. The van der Waals surface area contributed by atoms with E-state index < -0.39 is 0 Å². The van der Waals surface area contributed by atoms with Crippen LogP contribution in [0, 0.1) is 0 Å². The molecule has 1 aromatic carbocycles. The summed E-state index contributed by atoms with van der Waals surface area (Å²) in [6.45, 7) is 3.37. The molecule has 22 heavy (non-hydrogen) atoms. The van der Waals surface area contributed by atoms with E-state index >= 15 is 0 Å². The van der Waals surface area contributed by atoms with Gasteiger partial charge in [0.05, 0.1) is 19.3 Å². The van der Waals surface area contributed by atoms with Gasteiger partial charge in [-0.15, -0.1) is 0 Å². The molecule has 0 N–H and O–H groups in total. The lowest BCUT2D eigenvalue weighted by atomic mass is 10.2. The summed E-state index contributed by atoms with van der Waals surface area (Å²) in [5.41, 5.74) is 1.24. The van der Waals surface area contributed by atoms with E-state index in [-0.39, 0.29) is 0 Å². The lowest BCUT2D eigenvalue weighted by Gasteiger charge is -2.20. The predicted molar refractivity (Wildman–Crippen MR) is 90.0 cm³/mol. The summed E-state index contributed by atoms with van der Waals surface area (Å²) in [6, 6.07) is 10.8. The minimum atomic E-state index is 0.468. The molecule has 4 heteroatoms. The molecule has 0 aliphatic carbocycles. The van der Waals surface area contributed by atoms with Crippen LogP contribution in [0.15, 0.2) is 35.4 Å². The molecule has 0 radical (unpaired) electrons. The Morgan fingerprint density at radius 1 is 1.27 bits per heavy atom. The molecule has 4 nitrogen and oxygen atoms in total. The molecule has 0 unspecified atom stereocenters. The quantitative estimate of drug-likeness (QED) is 0.490. The average molecular weight is 304 g/mol. The molecule has 122 valence electrons. The van der Waals surface area contributed by atoms with Gasteiger partial charge in [-0.2, -0.15) is 5.10 Å². The normalized spacial score (nSPS) is 18.4. The summed E-state index contributed by atoms with van der Waals surface area (Å²) in [5.74, 6) is 0. The minimum absolute atomic E-state index is 0.468. The smallest absolute Gasteiger partial charge is 0.0716 e. The highest BCUT2D eigenvalue weighted by Gasteiger charge is 2.22. The number of methoxy groups -OCH3 is 1. The first-order valence-corrected chi connectivity index (χ1v) is 8.30. The molecule has 1 aliphatic rings. The Kier molecular flexibility index (Phi) is 7.99. The maximum atomic E-state index is 5.68. The van der Waals surface area contributed by atoms with Gasteiger partial charge in [0.15, 0.2) is 0 Å². The second-order valence-electron chi connectivity index (χ2n) is 5.75. The van der Waals surface area contributed by atoms with Crippen LogP contribution in [0.4, 0.5) is 0 Å². The van der Waals surface area contributed by atoms with Crippen LogP contribution in [-0.4, -0.2) is 44.1 Å². The molecule has 1 atom stereocenters. The fraction of sp³-hybridized carbons (Fsp3) is 0.611. The number of hydrogen-bond acceptors (Lipinski definition) is 4. The van der Waals surface area contributed by atoms with Gasteiger partial charge in [0.25, 0.3) is 0 Å². The van der Waals surface area contributed by atoms with Crippen molar-refractivity contribution in [2.24, 2.45) is 5.10 Å². The van der Waals surface area contributed by atoms with E-state index in [1.165, 1.54) is 18.4 Å². The van der Waals surface area contributed by atoms with Crippen molar-refractivity contribution in [3.8, 4) is 0 Å². The summed E-state index contributed by atoms with van der Waals surface area (Å²) in [5, 5.41) is 6.75. The zero-order chi connectivity index (χ0) is 15.5. The van der Waals surface area contributed by atoms with E-state index in [0.29, 0.717) is 12.6 Å². The van der Waals surface area contributed by atoms with Gasteiger partial charge >= 0.3 is 0 Å². The van der Waals surface area contributed by atoms with Gasteiger partial charge in [-0.25, -0.2) is 0 Å². The van der Waals surface area contributed by atoms with Crippen molar-refractivity contribution in [1.29, 1.82) is 0 Å². The minimum Gasteiger partial charge on any atom is -0.382 e. The van der Waals surface area contributed by atoms with Crippen LogP contribution < -0.4 is 0 Å². The maximum Gasteiger partial charge on any atom is 0.0716 e. The zero-order valence-corrected chi connectivity index (χ0v) is 13.6. The highest BCUT2D eigenvalue weighted by Crippen LogP contribution is 2.17. The summed E-state index contributed by atoms with van der Waals surface area (Å²) < 4.78 is 10.9. The lowest BCUT2D eigenvalue weighted by Crippen LogP contribution is -2.28. The van der Waals surface area contributed by atoms with Crippen molar-refractivity contribution < 1.29 is 9.47 Å². The summed E-state index contributed by atoms with van der Waals surface area (Å²) in [6.07, 6.45) is 7.69. The van der Waals surface area contributed by atoms with Gasteiger partial charge in [0.2, 0.25) is 0 Å². The fourth-order valence-corrected chi connectivity index (χ4v) is 2.70. The second-order valence-corrected chi connectivity index (χ2v) is 5.75. The molecule has 1 heterocycles. The maximum absolute atomic E-state index is 5.68. The largest absolute Gasteiger partial charge is 0.382 e. The number of benzene rings is 1. The number of rotatable bonds is 10. The van der Waals surface area contributed by atoms with Gasteiger partial charge in [-0.3, -0.25) is 5.01 Å². The van der Waals surface area contributed by atoms with Gasteiger partial charge in [0.1, 0.15) is 0 Å². The third kappa shape index (κ3) is 6.16. The molecular weight excluding hydrogens is 276 g/mol. The van der Waals surface area contributed by atoms with E-state index in [1.54, 1.807) is 7.11 Å². The number of ether oxygens (including phenoxy) is 2. The van der Waals surface area contributed by atoms with Crippen molar-refractivity contribution in [2.75, 3.05) is 26.9 Å². The van der Waals surface area contributed by atoms with Crippen LogP contribution >= 0.6 is 0 Å². The Morgan fingerprint density at radius 3 is 2.95 bits per heavy atom. The van der Waals surface area contributed by atoms with Crippen LogP contribution in [0.5, 0.6) is 0 Å². The Morgan fingerprint density at radius 2 is 2.14 bits per heavy atom. The van der Waals surface area contributed by atoms with Crippen LogP contribution in [0.25, 0.3) is 0 Å². The first kappa shape index (κ1) is 17.0. The molecule has 1 aromatic rings. The third-order valence-corrected chi connectivity index (χ3v) is 3.92. The average Bonchev–Trinajstić information content (AvgIpc) is 2.99. The summed E-state index contributed by atoms with van der Waals surface area (Å²) in [4.78, 5) is 0. The Bertz CT molecular complexity index is 422. The standard InChI is InChI=1S/C18H28N2O2/c1-21-16-18-11-8-13-20(18)19-12-6-3-7-14-22-15-17-9-4-2-5-10-17/h2,4-5,9-10,12,18H,3,6-8,11,13-16H2,1H3/b19-12+/t18-/m0/s1. The van der Waals surface area contributed by atoms with Gasteiger partial charge in [-0.1, -0.05) is 30.3 Å². The highest BCUT2D eigenvalue weighted by atomic mass is 16.5. The van der Waals surface area contributed by atoms with Gasteiger partial charge in [0, 0.05) is 26.5 Å². The first-order valence-electron chi connectivity index (χ1n) is 8.30. The number of hydrogen-bond donors (Lipinski definition) is 0. The molecule has 0 amide bonds. The topological polar surface area (TPSA) is 34.1 Å². The van der Waals surface area contributed by atoms with E-state index in [4.69, 9.17) is 9.47 Å². The monoisotopic (exact) mass is 304 g/mol. The van der Waals surface area contributed by atoms with Crippen molar-refractivity contribution in [2.45, 2.75) is 44.8 Å². The summed E-state index contributed by atoms with van der Waals surface area (Å²) in [7, 11) is 1.76. The molecule has 1 aliphatic heterocycles. The fourth-order valence-electron chi connectivity index (χ4n) is 2.70. The van der Waals surface area contributed by atoms with E-state index in [0.717, 1.165) is 39.0 Å². The SMILES string of the molecule is COC[C@@H]1CCCN1/N=C/CCCCOCc1ccccc1. The van der Waals surface area contributed by atoms with Crippen molar-refractivity contribution in [3.63, 3.8) is 0 Å². The molecule has 0 saturated carbocycles. The molecule has 1 fully saturated rings. The van der Waals surface area contributed by atoms with Crippen LogP contribution in [0.3, 0.4) is 0 Å². The zero-order valence-electron chi connectivity index (χ0n) is 13.6. The third-order valence-electron chi connectivity index (χ3n) is 3.92. The van der Waals surface area contributed by atoms with Crippen LogP contribution in [-0.2, 0) is 16.1 Å². The molecule has 0 bridgehead atoms. The van der Waals surface area contributed by atoms with Crippen LogP contribution in [0.2, 0.25) is 0 Å². The molecule has 1 saturated heterocycles. The van der Waals surface area contributed by atoms with E-state index in [1.807, 2.05) is 24.4 Å². The Labute approximate surface area is 134 Å².